The van der Waals surface area contributed by atoms with Crippen molar-refractivity contribution >= 4 is 0 Å². The summed E-state index contributed by atoms with van der Waals surface area (Å²) in [4.78, 5) is 2.56. The van der Waals surface area contributed by atoms with Crippen molar-refractivity contribution in [1.29, 1.82) is 5.26 Å². The standard InChI is InChI=1S/C16H31N3/c1-6-18-16(5,12-17)11-14(4)19-9-7-15(8-10-19)13(2)3/h13-15,18H,6-11H2,1-5H3. The Morgan fingerprint density at radius 2 is 1.89 bits per heavy atom. The number of nitriles is 1. The van der Waals surface area contributed by atoms with Crippen LogP contribution in [-0.2, 0) is 0 Å². The summed E-state index contributed by atoms with van der Waals surface area (Å²) in [5.41, 5.74) is -0.386. The summed E-state index contributed by atoms with van der Waals surface area (Å²) < 4.78 is 0. The summed E-state index contributed by atoms with van der Waals surface area (Å²) in [6.45, 7) is 14.3. The SMILES string of the molecule is CCNC(C)(C#N)CC(C)N1CCC(C(C)C)CC1. The molecule has 3 nitrogen and oxygen atoms in total. The van der Waals surface area contributed by atoms with Crippen LogP contribution < -0.4 is 5.32 Å². The lowest BCUT2D eigenvalue weighted by Gasteiger charge is -2.39. The molecule has 0 amide bonds. The third kappa shape index (κ3) is 4.78. The van der Waals surface area contributed by atoms with Gasteiger partial charge in [0.25, 0.3) is 0 Å². The average Bonchev–Trinajstić information content (AvgIpc) is 2.39. The summed E-state index contributed by atoms with van der Waals surface area (Å²) in [5, 5.41) is 12.7. The highest BCUT2D eigenvalue weighted by Gasteiger charge is 2.30. The molecule has 1 rings (SSSR count). The van der Waals surface area contributed by atoms with Gasteiger partial charge in [-0.05, 0) is 64.6 Å². The summed E-state index contributed by atoms with van der Waals surface area (Å²) in [7, 11) is 0. The smallest absolute Gasteiger partial charge is 0.105 e. The van der Waals surface area contributed by atoms with Crippen molar-refractivity contribution in [2.75, 3.05) is 19.6 Å². The van der Waals surface area contributed by atoms with Crippen LogP contribution in [0.15, 0.2) is 0 Å². The van der Waals surface area contributed by atoms with Crippen molar-refractivity contribution in [2.24, 2.45) is 11.8 Å². The van der Waals surface area contributed by atoms with Gasteiger partial charge in [-0.3, -0.25) is 5.32 Å². The van der Waals surface area contributed by atoms with Crippen molar-refractivity contribution in [3.05, 3.63) is 0 Å². The van der Waals surface area contributed by atoms with Crippen molar-refractivity contribution < 1.29 is 0 Å². The number of rotatable bonds is 6. The lowest BCUT2D eigenvalue weighted by atomic mass is 9.85. The molecular weight excluding hydrogens is 234 g/mol. The van der Waals surface area contributed by atoms with Gasteiger partial charge in [0, 0.05) is 6.04 Å². The molecule has 0 saturated carbocycles. The lowest BCUT2D eigenvalue weighted by molar-refractivity contribution is 0.107. The van der Waals surface area contributed by atoms with Crippen LogP contribution in [0.4, 0.5) is 0 Å². The van der Waals surface area contributed by atoms with Gasteiger partial charge >= 0.3 is 0 Å². The number of nitrogens with zero attached hydrogens (tertiary/aromatic N) is 2. The van der Waals surface area contributed by atoms with Gasteiger partial charge in [-0.15, -0.1) is 0 Å². The zero-order valence-corrected chi connectivity index (χ0v) is 13.4. The molecule has 1 heterocycles. The maximum atomic E-state index is 9.35. The van der Waals surface area contributed by atoms with Crippen LogP contribution in [0.1, 0.15) is 53.9 Å². The Balaban J connectivity index is 2.47. The van der Waals surface area contributed by atoms with E-state index in [-0.39, 0.29) is 5.54 Å². The molecule has 0 aromatic heterocycles. The first-order chi connectivity index (χ1) is 8.91. The van der Waals surface area contributed by atoms with E-state index < -0.39 is 0 Å². The summed E-state index contributed by atoms with van der Waals surface area (Å²) in [6, 6.07) is 2.92. The Hall–Kier alpha value is -0.590. The molecule has 19 heavy (non-hydrogen) atoms. The van der Waals surface area contributed by atoms with Gasteiger partial charge in [-0.2, -0.15) is 5.26 Å². The van der Waals surface area contributed by atoms with Crippen LogP contribution in [-0.4, -0.2) is 36.1 Å². The average molecular weight is 265 g/mol. The van der Waals surface area contributed by atoms with E-state index in [0.717, 1.165) is 24.8 Å². The molecule has 1 aliphatic heterocycles. The van der Waals surface area contributed by atoms with Crippen LogP contribution in [0, 0.1) is 23.2 Å². The largest absolute Gasteiger partial charge is 0.301 e. The molecule has 1 saturated heterocycles. The normalized spacial score (nSPS) is 23.0. The highest BCUT2D eigenvalue weighted by atomic mass is 15.2. The number of likely N-dealkylation sites (tertiary alicyclic amines) is 1. The Morgan fingerprint density at radius 1 is 1.32 bits per heavy atom. The fourth-order valence-corrected chi connectivity index (χ4v) is 3.29. The lowest BCUT2D eigenvalue weighted by Crippen LogP contribution is -2.49. The molecule has 0 bridgehead atoms. The Labute approximate surface area is 119 Å². The van der Waals surface area contributed by atoms with E-state index in [4.69, 9.17) is 0 Å². The Bertz CT molecular complexity index is 300. The molecule has 2 atom stereocenters. The van der Waals surface area contributed by atoms with E-state index >= 15 is 0 Å². The molecule has 0 radical (unpaired) electrons. The molecule has 1 fully saturated rings. The van der Waals surface area contributed by atoms with E-state index in [9.17, 15) is 5.26 Å². The molecule has 0 aliphatic carbocycles. The third-order valence-corrected chi connectivity index (χ3v) is 4.66. The molecule has 2 unspecified atom stereocenters. The molecule has 110 valence electrons. The second kappa shape index (κ2) is 7.26. The Kier molecular flexibility index (Phi) is 6.29. The van der Waals surface area contributed by atoms with Crippen molar-refractivity contribution in [3.8, 4) is 6.07 Å². The quantitative estimate of drug-likeness (QED) is 0.802. The second-order valence-electron chi connectivity index (χ2n) is 6.64. The van der Waals surface area contributed by atoms with Gasteiger partial charge in [-0.25, -0.2) is 0 Å². The van der Waals surface area contributed by atoms with E-state index in [1.165, 1.54) is 25.9 Å². The van der Waals surface area contributed by atoms with Crippen LogP contribution in [0.25, 0.3) is 0 Å². The molecular formula is C16H31N3. The molecule has 1 N–H and O–H groups in total. The first kappa shape index (κ1) is 16.5. The van der Waals surface area contributed by atoms with Crippen molar-refractivity contribution in [1.82, 2.24) is 10.2 Å². The number of nitrogens with one attached hydrogen (secondary N) is 1. The van der Waals surface area contributed by atoms with E-state index in [0.29, 0.717) is 6.04 Å². The zero-order valence-electron chi connectivity index (χ0n) is 13.4. The molecule has 0 spiro atoms. The third-order valence-electron chi connectivity index (χ3n) is 4.66. The van der Waals surface area contributed by atoms with E-state index in [1.54, 1.807) is 0 Å². The predicted molar refractivity (Wildman–Crippen MR) is 80.9 cm³/mol. The van der Waals surface area contributed by atoms with E-state index in [1.807, 2.05) is 6.92 Å². The van der Waals surface area contributed by atoms with Crippen LogP contribution in [0.2, 0.25) is 0 Å². The highest BCUT2D eigenvalue weighted by molar-refractivity contribution is 5.05. The summed E-state index contributed by atoms with van der Waals surface area (Å²) >= 11 is 0. The van der Waals surface area contributed by atoms with Crippen LogP contribution in [0.3, 0.4) is 0 Å². The predicted octanol–water partition coefficient (Wildman–Crippen LogP) is 3.02. The number of hydrogen-bond acceptors (Lipinski definition) is 3. The van der Waals surface area contributed by atoms with Crippen molar-refractivity contribution in [2.45, 2.75) is 65.5 Å². The summed E-state index contributed by atoms with van der Waals surface area (Å²) in [6.07, 6.45) is 3.53. The zero-order chi connectivity index (χ0) is 14.5. The van der Waals surface area contributed by atoms with Gasteiger partial charge in [0.2, 0.25) is 0 Å². The Morgan fingerprint density at radius 3 is 2.32 bits per heavy atom. The van der Waals surface area contributed by atoms with Gasteiger partial charge in [0.1, 0.15) is 5.54 Å². The fraction of sp³-hybridized carbons (Fsp3) is 0.938. The van der Waals surface area contributed by atoms with Gasteiger partial charge in [0.15, 0.2) is 0 Å². The minimum atomic E-state index is -0.386. The van der Waals surface area contributed by atoms with E-state index in [2.05, 4.69) is 44.0 Å². The minimum Gasteiger partial charge on any atom is -0.301 e. The first-order valence-electron chi connectivity index (χ1n) is 7.82. The van der Waals surface area contributed by atoms with Crippen LogP contribution in [0.5, 0.6) is 0 Å². The van der Waals surface area contributed by atoms with Crippen molar-refractivity contribution in [3.63, 3.8) is 0 Å². The second-order valence-corrected chi connectivity index (χ2v) is 6.64. The molecule has 0 aromatic carbocycles. The monoisotopic (exact) mass is 265 g/mol. The number of piperidine rings is 1. The van der Waals surface area contributed by atoms with Gasteiger partial charge < -0.3 is 4.90 Å². The maximum absolute atomic E-state index is 9.35. The summed E-state index contributed by atoms with van der Waals surface area (Å²) in [5.74, 6) is 1.70. The first-order valence-corrected chi connectivity index (χ1v) is 7.82. The molecule has 3 heteroatoms. The van der Waals surface area contributed by atoms with Gasteiger partial charge in [-0.1, -0.05) is 20.8 Å². The van der Waals surface area contributed by atoms with Gasteiger partial charge in [0.05, 0.1) is 6.07 Å². The minimum absolute atomic E-state index is 0.386. The topological polar surface area (TPSA) is 39.1 Å². The highest BCUT2D eigenvalue weighted by Crippen LogP contribution is 2.27. The molecule has 1 aliphatic rings. The van der Waals surface area contributed by atoms with Crippen LogP contribution >= 0.6 is 0 Å². The fourth-order valence-electron chi connectivity index (χ4n) is 3.29. The number of hydrogen-bond donors (Lipinski definition) is 1. The maximum Gasteiger partial charge on any atom is 0.105 e. The molecule has 0 aromatic rings.